The number of anilines is 1. The lowest BCUT2D eigenvalue weighted by atomic mass is 10.3. The predicted octanol–water partition coefficient (Wildman–Crippen LogP) is 3.57. The van der Waals surface area contributed by atoms with Gasteiger partial charge in [0, 0.05) is 19.0 Å². The van der Waals surface area contributed by atoms with E-state index in [-0.39, 0.29) is 38.1 Å². The Hall–Kier alpha value is -2.03. The summed E-state index contributed by atoms with van der Waals surface area (Å²) < 4.78 is 25.7. The van der Waals surface area contributed by atoms with Crippen LogP contribution in [0.3, 0.4) is 0 Å². The highest BCUT2D eigenvalue weighted by molar-refractivity contribution is 7.91. The van der Waals surface area contributed by atoms with Gasteiger partial charge in [0.1, 0.15) is 0 Å². The Morgan fingerprint density at radius 3 is 2.78 bits per heavy atom. The zero-order chi connectivity index (χ0) is 20.2. The molecule has 1 heterocycles. The molecule has 1 aromatic heterocycles. The molecule has 2 aromatic rings. The number of hydrogen-bond acceptors (Lipinski definition) is 6. The van der Waals surface area contributed by atoms with Crippen molar-refractivity contribution in [3.8, 4) is 11.9 Å². The number of guanidine groups is 1. The molecule has 27 heavy (non-hydrogen) atoms. The Morgan fingerprint density at radius 1 is 1.44 bits per heavy atom. The van der Waals surface area contributed by atoms with Crippen molar-refractivity contribution < 1.29 is 13.5 Å². The van der Waals surface area contributed by atoms with Crippen LogP contribution in [-0.4, -0.2) is 37.4 Å². The third kappa shape index (κ3) is 4.63. The molecule has 0 radical (unpaired) electrons. The summed E-state index contributed by atoms with van der Waals surface area (Å²) in [5, 5.41) is 26.1. The largest absolute Gasteiger partial charge is 0.504 e. The summed E-state index contributed by atoms with van der Waals surface area (Å²) >= 11 is 12.9. The zero-order valence-electron chi connectivity index (χ0n) is 14.2. The summed E-state index contributed by atoms with van der Waals surface area (Å²) in [4.78, 5) is 4.16. The number of benzene rings is 1. The van der Waals surface area contributed by atoms with Crippen LogP contribution in [0.1, 0.15) is 6.92 Å². The molecule has 3 N–H and O–H groups in total. The Balaban J connectivity index is 2.40. The first-order valence-electron chi connectivity index (χ1n) is 7.44. The first-order valence-corrected chi connectivity index (χ1v) is 10.5. The quantitative estimate of drug-likeness (QED) is 0.279. The molecule has 0 amide bonds. The molecule has 0 aliphatic rings. The number of nitrogens with one attached hydrogen (secondary N) is 2. The van der Waals surface area contributed by atoms with E-state index >= 15 is 0 Å². The minimum atomic E-state index is -3.82. The molecule has 2 rings (SSSR count). The minimum Gasteiger partial charge on any atom is -0.504 e. The lowest BCUT2D eigenvalue weighted by Gasteiger charge is -2.13. The monoisotopic (exact) mass is 447 g/mol. The first-order chi connectivity index (χ1) is 12.7. The van der Waals surface area contributed by atoms with Gasteiger partial charge in [0.2, 0.25) is 5.96 Å². The van der Waals surface area contributed by atoms with Gasteiger partial charge in [-0.15, -0.1) is 11.3 Å². The van der Waals surface area contributed by atoms with E-state index in [1.54, 1.807) is 31.3 Å². The number of thiophene rings is 1. The average Bonchev–Trinajstić information content (AvgIpc) is 2.99. The van der Waals surface area contributed by atoms with E-state index in [0.717, 1.165) is 15.6 Å². The fourth-order valence-electron chi connectivity index (χ4n) is 1.88. The van der Waals surface area contributed by atoms with Crippen LogP contribution in [0.2, 0.25) is 10.0 Å². The van der Waals surface area contributed by atoms with E-state index in [0.29, 0.717) is 0 Å². The molecule has 1 aromatic carbocycles. The second-order valence-corrected chi connectivity index (χ2v) is 9.00. The van der Waals surface area contributed by atoms with Crippen LogP contribution in [0.5, 0.6) is 5.75 Å². The molecule has 0 saturated carbocycles. The molecule has 0 aliphatic carbocycles. The molecular formula is C15H15Cl2N5O3S2. The summed E-state index contributed by atoms with van der Waals surface area (Å²) in [6.45, 7) is 1.93. The third-order valence-corrected chi connectivity index (χ3v) is 7.64. The Labute approximate surface area is 170 Å². The highest BCUT2D eigenvalue weighted by Gasteiger charge is 2.27. The normalized spacial score (nSPS) is 12.1. The van der Waals surface area contributed by atoms with Gasteiger partial charge in [0.25, 0.3) is 10.0 Å². The molecule has 0 unspecified atom stereocenters. The summed E-state index contributed by atoms with van der Waals surface area (Å²) in [6.07, 6.45) is 1.70. The number of aromatic hydroxyl groups is 1. The van der Waals surface area contributed by atoms with Gasteiger partial charge < -0.3 is 10.4 Å². The summed E-state index contributed by atoms with van der Waals surface area (Å²) in [5.41, 5.74) is 0.352. The van der Waals surface area contributed by atoms with Gasteiger partial charge in [-0.25, -0.2) is 17.7 Å². The smallest absolute Gasteiger partial charge is 0.256 e. The van der Waals surface area contributed by atoms with Gasteiger partial charge in [0.05, 0.1) is 21.4 Å². The van der Waals surface area contributed by atoms with Gasteiger partial charge in [0.15, 0.2) is 16.2 Å². The van der Waals surface area contributed by atoms with E-state index in [4.69, 9.17) is 28.5 Å². The molecule has 8 nitrogen and oxygen atoms in total. The van der Waals surface area contributed by atoms with E-state index in [1.807, 2.05) is 0 Å². The summed E-state index contributed by atoms with van der Waals surface area (Å²) in [7, 11) is -2.41. The van der Waals surface area contributed by atoms with Crippen LogP contribution in [0, 0.1) is 11.5 Å². The van der Waals surface area contributed by atoms with Crippen molar-refractivity contribution in [3.05, 3.63) is 33.6 Å². The second-order valence-electron chi connectivity index (χ2n) is 5.10. The lowest BCUT2D eigenvalue weighted by molar-refractivity contribution is 0.454. The van der Waals surface area contributed by atoms with Crippen LogP contribution >= 0.6 is 34.5 Å². The fourth-order valence-corrected chi connectivity index (χ4v) is 4.83. The van der Waals surface area contributed by atoms with Crippen LogP contribution in [0.15, 0.2) is 32.8 Å². The number of nitrogens with zero attached hydrogens (tertiary/aromatic N) is 3. The van der Waals surface area contributed by atoms with Crippen molar-refractivity contribution in [1.82, 2.24) is 9.62 Å². The first kappa shape index (κ1) is 21.3. The highest BCUT2D eigenvalue weighted by Crippen LogP contribution is 2.39. The lowest BCUT2D eigenvalue weighted by Crippen LogP contribution is -2.27. The van der Waals surface area contributed by atoms with Crippen molar-refractivity contribution in [2.45, 2.75) is 11.1 Å². The van der Waals surface area contributed by atoms with E-state index in [2.05, 4.69) is 15.6 Å². The van der Waals surface area contributed by atoms with Crippen LogP contribution < -0.4 is 10.6 Å². The molecule has 0 atom stereocenters. The number of nitriles is 1. The second kappa shape index (κ2) is 8.77. The number of hydrogen-bond donors (Lipinski definition) is 3. The number of halogens is 2. The van der Waals surface area contributed by atoms with Crippen LogP contribution in [0.4, 0.5) is 11.4 Å². The zero-order valence-corrected chi connectivity index (χ0v) is 17.3. The maximum atomic E-state index is 12.4. The Morgan fingerprint density at radius 2 is 2.15 bits per heavy atom. The molecule has 0 spiro atoms. The standard InChI is InChI=1S/C15H15Cl2N5O3S2/c1-3-22(2)27(24,25)14-13(23)11(7-26-14)21-15(19-8-18)20-10-6-4-5-9(16)12(10)17/h4-7,23H,3H2,1-2H3,(H2,19,20,21). The van der Waals surface area contributed by atoms with Crippen molar-refractivity contribution in [3.63, 3.8) is 0 Å². The third-order valence-electron chi connectivity index (χ3n) is 3.41. The molecular weight excluding hydrogens is 433 g/mol. The van der Waals surface area contributed by atoms with Gasteiger partial charge in [-0.05, 0) is 12.1 Å². The minimum absolute atomic E-state index is 0.0671. The van der Waals surface area contributed by atoms with Crippen molar-refractivity contribution in [2.75, 3.05) is 18.9 Å². The van der Waals surface area contributed by atoms with Gasteiger partial charge >= 0.3 is 0 Å². The van der Waals surface area contributed by atoms with Gasteiger partial charge in [-0.3, -0.25) is 5.32 Å². The maximum absolute atomic E-state index is 12.4. The SMILES string of the molecule is CCN(C)S(=O)(=O)c1scc(NC(=Nc2cccc(Cl)c2Cl)NC#N)c1O. The van der Waals surface area contributed by atoms with E-state index < -0.39 is 15.8 Å². The van der Waals surface area contributed by atoms with Crippen molar-refractivity contribution in [1.29, 1.82) is 5.26 Å². The van der Waals surface area contributed by atoms with Gasteiger partial charge in [-0.1, -0.05) is 36.2 Å². The average molecular weight is 448 g/mol. The Kier molecular flexibility index (Phi) is 6.91. The molecule has 12 heteroatoms. The van der Waals surface area contributed by atoms with Crippen LogP contribution in [0.25, 0.3) is 0 Å². The highest BCUT2D eigenvalue weighted by atomic mass is 35.5. The maximum Gasteiger partial charge on any atom is 0.256 e. The number of sulfonamides is 1. The fraction of sp³-hybridized carbons (Fsp3) is 0.200. The van der Waals surface area contributed by atoms with E-state index in [1.165, 1.54) is 12.4 Å². The number of aliphatic imine (C=N–C) groups is 1. The van der Waals surface area contributed by atoms with Crippen LogP contribution in [-0.2, 0) is 10.0 Å². The van der Waals surface area contributed by atoms with Crippen molar-refractivity contribution >= 4 is 61.9 Å². The number of rotatable bonds is 5. The van der Waals surface area contributed by atoms with Gasteiger partial charge in [-0.2, -0.15) is 5.26 Å². The van der Waals surface area contributed by atoms with E-state index in [9.17, 15) is 13.5 Å². The Bertz CT molecular complexity index is 1010. The topological polar surface area (TPSA) is 118 Å². The molecule has 0 aliphatic heterocycles. The summed E-state index contributed by atoms with van der Waals surface area (Å²) in [5.74, 6) is -0.535. The van der Waals surface area contributed by atoms with Crippen molar-refractivity contribution in [2.24, 2.45) is 4.99 Å². The molecule has 0 saturated heterocycles. The summed E-state index contributed by atoms with van der Waals surface area (Å²) in [6, 6.07) is 4.79. The molecule has 144 valence electrons. The predicted molar refractivity (Wildman–Crippen MR) is 107 cm³/mol. The molecule has 0 bridgehead atoms. The molecule has 0 fully saturated rings.